The Morgan fingerprint density at radius 1 is 1.00 bits per heavy atom. The Labute approximate surface area is 163 Å². The number of carbonyl (C=O) groups is 3. The van der Waals surface area contributed by atoms with Crippen LogP contribution < -0.4 is 0 Å². The van der Waals surface area contributed by atoms with Gasteiger partial charge in [-0.15, -0.1) is 0 Å². The van der Waals surface area contributed by atoms with Crippen molar-refractivity contribution in [1.29, 1.82) is 0 Å². The van der Waals surface area contributed by atoms with Gasteiger partial charge in [0.1, 0.15) is 6.54 Å². The topological polar surface area (TPSA) is 70.6 Å². The number of nitrogens with zero attached hydrogens (tertiary/aromatic N) is 3. The molecule has 2 aromatic rings. The highest BCUT2D eigenvalue weighted by molar-refractivity contribution is 6.22. The monoisotopic (exact) mass is 375 g/mol. The number of benzene rings is 1. The van der Waals surface area contributed by atoms with Crippen LogP contribution in [0.25, 0.3) is 6.08 Å². The summed E-state index contributed by atoms with van der Waals surface area (Å²) >= 11 is 0. The Bertz CT molecular complexity index is 951. The predicted molar refractivity (Wildman–Crippen MR) is 105 cm³/mol. The van der Waals surface area contributed by atoms with Crippen LogP contribution in [0, 0.1) is 6.92 Å². The molecule has 0 atom stereocenters. The van der Waals surface area contributed by atoms with E-state index in [1.165, 1.54) is 5.57 Å². The number of amides is 3. The van der Waals surface area contributed by atoms with Crippen molar-refractivity contribution >= 4 is 23.8 Å². The minimum Gasteiger partial charge on any atom is -0.341 e. The quantitative estimate of drug-likeness (QED) is 0.774. The Kier molecular flexibility index (Phi) is 4.77. The molecule has 3 amide bonds. The van der Waals surface area contributed by atoms with Crippen molar-refractivity contribution in [2.24, 2.45) is 0 Å². The number of likely N-dealkylation sites (tertiary alicyclic amines) is 1. The zero-order chi connectivity index (χ0) is 19.7. The zero-order valence-electron chi connectivity index (χ0n) is 15.7. The zero-order valence-corrected chi connectivity index (χ0v) is 15.7. The van der Waals surface area contributed by atoms with Gasteiger partial charge in [0.05, 0.1) is 16.8 Å². The van der Waals surface area contributed by atoms with Crippen molar-refractivity contribution in [3.63, 3.8) is 0 Å². The van der Waals surface area contributed by atoms with Gasteiger partial charge in [0.25, 0.3) is 11.8 Å². The second-order valence-electron chi connectivity index (χ2n) is 7.13. The fourth-order valence-corrected chi connectivity index (χ4v) is 3.66. The summed E-state index contributed by atoms with van der Waals surface area (Å²) in [6.07, 6.45) is 3.62. The Hall–Kier alpha value is -3.28. The molecular formula is C22H21N3O3. The van der Waals surface area contributed by atoms with Gasteiger partial charge < -0.3 is 4.90 Å². The molecule has 2 aliphatic heterocycles. The number of aryl methyl sites for hydroxylation is 1. The average Bonchev–Trinajstić information content (AvgIpc) is 2.94. The summed E-state index contributed by atoms with van der Waals surface area (Å²) < 4.78 is 0. The van der Waals surface area contributed by atoms with Crippen molar-refractivity contribution in [2.45, 2.75) is 19.8 Å². The molecule has 0 aliphatic carbocycles. The maximum absolute atomic E-state index is 12.7. The summed E-state index contributed by atoms with van der Waals surface area (Å²) in [5.74, 6) is -0.976. The number of imide groups is 1. The van der Waals surface area contributed by atoms with Gasteiger partial charge in [-0.05, 0) is 50.1 Å². The molecule has 0 radical (unpaired) electrons. The fourth-order valence-electron chi connectivity index (χ4n) is 3.66. The van der Waals surface area contributed by atoms with Gasteiger partial charge in [-0.3, -0.25) is 24.3 Å². The SMILES string of the molecule is Cc1cccc(C=C2CCN(C(=O)CN3C(=O)c4ccccc4C3=O)CC2)n1. The molecule has 1 aromatic carbocycles. The number of hydrogen-bond acceptors (Lipinski definition) is 4. The largest absolute Gasteiger partial charge is 0.341 e. The molecule has 6 heteroatoms. The number of carbonyl (C=O) groups excluding carboxylic acids is 3. The second-order valence-corrected chi connectivity index (χ2v) is 7.13. The molecule has 0 bridgehead atoms. The number of aromatic nitrogens is 1. The van der Waals surface area contributed by atoms with Crippen LogP contribution in [-0.4, -0.2) is 52.1 Å². The van der Waals surface area contributed by atoms with Gasteiger partial charge in [-0.25, -0.2) is 0 Å². The van der Waals surface area contributed by atoms with Crippen molar-refractivity contribution in [2.75, 3.05) is 19.6 Å². The summed E-state index contributed by atoms with van der Waals surface area (Å²) in [7, 11) is 0. The van der Waals surface area contributed by atoms with E-state index < -0.39 is 11.8 Å². The summed E-state index contributed by atoms with van der Waals surface area (Å²) in [6, 6.07) is 12.6. The van der Waals surface area contributed by atoms with Crippen molar-refractivity contribution in [1.82, 2.24) is 14.8 Å². The van der Waals surface area contributed by atoms with Crippen LogP contribution in [0.1, 0.15) is 44.9 Å². The van der Waals surface area contributed by atoms with Crippen molar-refractivity contribution in [3.8, 4) is 0 Å². The lowest BCUT2D eigenvalue weighted by atomic mass is 10.0. The molecular weight excluding hydrogens is 354 g/mol. The molecule has 0 unspecified atom stereocenters. The fraction of sp³-hybridized carbons (Fsp3) is 0.273. The van der Waals surface area contributed by atoms with Gasteiger partial charge in [-0.1, -0.05) is 23.8 Å². The van der Waals surface area contributed by atoms with E-state index in [9.17, 15) is 14.4 Å². The van der Waals surface area contributed by atoms with E-state index in [-0.39, 0.29) is 12.5 Å². The number of fused-ring (bicyclic) bond motifs is 1. The first-order chi connectivity index (χ1) is 13.5. The van der Waals surface area contributed by atoms with Gasteiger partial charge in [0.2, 0.25) is 5.91 Å². The van der Waals surface area contributed by atoms with Crippen LogP contribution >= 0.6 is 0 Å². The number of piperidine rings is 1. The first-order valence-corrected chi connectivity index (χ1v) is 9.39. The van der Waals surface area contributed by atoms with E-state index in [1.54, 1.807) is 29.2 Å². The standard InChI is InChI=1S/C22H21N3O3/c1-15-5-4-6-17(23-15)13-16-9-11-24(12-10-16)20(26)14-25-21(27)18-7-2-3-8-19(18)22(25)28/h2-8,13H,9-12,14H2,1H3. The molecule has 6 nitrogen and oxygen atoms in total. The van der Waals surface area contributed by atoms with E-state index in [4.69, 9.17) is 0 Å². The molecule has 0 N–H and O–H groups in total. The first kappa shape index (κ1) is 18.1. The molecule has 0 saturated carbocycles. The summed E-state index contributed by atoms with van der Waals surface area (Å²) in [4.78, 5) is 44.8. The van der Waals surface area contributed by atoms with Crippen molar-refractivity contribution < 1.29 is 14.4 Å². The first-order valence-electron chi connectivity index (χ1n) is 9.39. The molecule has 142 valence electrons. The second kappa shape index (κ2) is 7.38. The van der Waals surface area contributed by atoms with E-state index in [1.807, 2.05) is 25.1 Å². The lowest BCUT2D eigenvalue weighted by Gasteiger charge is -2.29. The van der Waals surface area contributed by atoms with E-state index in [0.717, 1.165) is 29.1 Å². The lowest BCUT2D eigenvalue weighted by molar-refractivity contribution is -0.131. The number of hydrogen-bond donors (Lipinski definition) is 0. The molecule has 1 saturated heterocycles. The smallest absolute Gasteiger partial charge is 0.262 e. The minimum absolute atomic E-state index is 0.192. The number of pyridine rings is 1. The van der Waals surface area contributed by atoms with E-state index in [2.05, 4.69) is 11.1 Å². The van der Waals surface area contributed by atoms with Crippen LogP contribution in [0.2, 0.25) is 0 Å². The van der Waals surface area contributed by atoms with Gasteiger partial charge in [-0.2, -0.15) is 0 Å². The van der Waals surface area contributed by atoms with Crippen LogP contribution in [0.15, 0.2) is 48.0 Å². The Morgan fingerprint density at radius 2 is 1.64 bits per heavy atom. The van der Waals surface area contributed by atoms with Gasteiger partial charge >= 0.3 is 0 Å². The molecule has 28 heavy (non-hydrogen) atoms. The number of rotatable bonds is 3. The average molecular weight is 375 g/mol. The van der Waals surface area contributed by atoms with Gasteiger partial charge in [0, 0.05) is 18.8 Å². The van der Waals surface area contributed by atoms with Crippen molar-refractivity contribution in [3.05, 3.63) is 70.6 Å². The molecule has 2 aliphatic rings. The van der Waals surface area contributed by atoms with E-state index in [0.29, 0.717) is 24.2 Å². The highest BCUT2D eigenvalue weighted by Crippen LogP contribution is 2.23. The maximum Gasteiger partial charge on any atom is 0.262 e. The summed E-state index contributed by atoms with van der Waals surface area (Å²) in [5, 5.41) is 0. The van der Waals surface area contributed by atoms with Crippen LogP contribution in [0.5, 0.6) is 0 Å². The Morgan fingerprint density at radius 3 is 2.25 bits per heavy atom. The maximum atomic E-state index is 12.7. The summed E-state index contributed by atoms with van der Waals surface area (Å²) in [6.45, 7) is 2.92. The molecule has 0 spiro atoms. The molecule has 4 rings (SSSR count). The normalized spacial score (nSPS) is 16.4. The third-order valence-corrected chi connectivity index (χ3v) is 5.19. The molecule has 1 aromatic heterocycles. The van der Waals surface area contributed by atoms with Crippen LogP contribution in [0.4, 0.5) is 0 Å². The molecule has 1 fully saturated rings. The third kappa shape index (κ3) is 3.45. The van der Waals surface area contributed by atoms with Crippen LogP contribution in [0.3, 0.4) is 0 Å². The minimum atomic E-state index is -0.392. The van der Waals surface area contributed by atoms with Gasteiger partial charge in [0.15, 0.2) is 0 Å². The molecule has 3 heterocycles. The van der Waals surface area contributed by atoms with E-state index >= 15 is 0 Å². The highest BCUT2D eigenvalue weighted by Gasteiger charge is 2.37. The third-order valence-electron chi connectivity index (χ3n) is 5.19. The Balaban J connectivity index is 1.37. The predicted octanol–water partition coefficient (Wildman–Crippen LogP) is 2.69. The van der Waals surface area contributed by atoms with Crippen LogP contribution in [-0.2, 0) is 4.79 Å². The highest BCUT2D eigenvalue weighted by atomic mass is 16.2. The lowest BCUT2D eigenvalue weighted by Crippen LogP contribution is -2.44. The summed E-state index contributed by atoms with van der Waals surface area (Å²) in [5.41, 5.74) is 3.90.